The van der Waals surface area contributed by atoms with Crippen molar-refractivity contribution in [2.24, 2.45) is 7.05 Å². The Morgan fingerprint density at radius 3 is 2.62 bits per heavy atom. The minimum atomic E-state index is -0.411. The second kappa shape index (κ2) is 10.2. The smallest absolute Gasteiger partial charge is 0.409 e. The van der Waals surface area contributed by atoms with E-state index in [1.807, 2.05) is 13.8 Å². The van der Waals surface area contributed by atoms with Crippen LogP contribution in [0.2, 0.25) is 5.02 Å². The Labute approximate surface area is 192 Å². The monoisotopic (exact) mass is 464 g/mol. The van der Waals surface area contributed by atoms with Crippen molar-refractivity contribution >= 4 is 23.5 Å². The van der Waals surface area contributed by atoms with Gasteiger partial charge in [-0.3, -0.25) is 9.36 Å². The summed E-state index contributed by atoms with van der Waals surface area (Å²) in [4.78, 5) is 31.5. The first-order valence-corrected chi connectivity index (χ1v) is 10.9. The number of halogens is 1. The maximum atomic E-state index is 13.2. The molecule has 1 aromatic carbocycles. The first-order chi connectivity index (χ1) is 15.3. The molecule has 2 atom stereocenters. The van der Waals surface area contributed by atoms with Crippen LogP contribution in [0, 0.1) is 0 Å². The quantitative estimate of drug-likeness (QED) is 0.673. The van der Waals surface area contributed by atoms with Gasteiger partial charge in [0.2, 0.25) is 0 Å². The number of hydrogen-bond acceptors (Lipinski definition) is 7. The summed E-state index contributed by atoms with van der Waals surface area (Å²) in [5, 5.41) is 3.78. The summed E-state index contributed by atoms with van der Waals surface area (Å²) in [6, 6.07) is 4.91. The van der Waals surface area contributed by atoms with Crippen molar-refractivity contribution in [1.82, 2.24) is 14.5 Å². The summed E-state index contributed by atoms with van der Waals surface area (Å²) in [5.41, 5.74) is 1.24. The lowest BCUT2D eigenvalue weighted by Gasteiger charge is -2.24. The van der Waals surface area contributed by atoms with Gasteiger partial charge in [0, 0.05) is 25.8 Å². The summed E-state index contributed by atoms with van der Waals surface area (Å²) < 4.78 is 17.4. The normalized spacial score (nSPS) is 18.0. The maximum Gasteiger partial charge on any atom is 0.409 e. The first kappa shape index (κ1) is 23.9. The number of nitrogens with zero attached hydrogens (tertiary/aromatic N) is 3. The highest BCUT2D eigenvalue weighted by Gasteiger charge is 2.37. The summed E-state index contributed by atoms with van der Waals surface area (Å²) >= 11 is 6.40. The summed E-state index contributed by atoms with van der Waals surface area (Å²) in [5.74, 6) is 1.19. The third-order valence-corrected chi connectivity index (χ3v) is 5.84. The van der Waals surface area contributed by atoms with E-state index in [1.165, 1.54) is 11.7 Å². The zero-order valence-corrected chi connectivity index (χ0v) is 19.7. The molecule has 10 heteroatoms. The number of rotatable bonds is 7. The Morgan fingerprint density at radius 1 is 1.28 bits per heavy atom. The van der Waals surface area contributed by atoms with Gasteiger partial charge >= 0.3 is 6.09 Å². The highest BCUT2D eigenvalue weighted by molar-refractivity contribution is 6.33. The van der Waals surface area contributed by atoms with Crippen molar-refractivity contribution < 1.29 is 19.0 Å². The first-order valence-electron chi connectivity index (χ1n) is 10.5. The van der Waals surface area contributed by atoms with Crippen LogP contribution in [0.3, 0.4) is 0 Å². The summed E-state index contributed by atoms with van der Waals surface area (Å²) in [7, 11) is 4.60. The van der Waals surface area contributed by atoms with E-state index >= 15 is 0 Å². The van der Waals surface area contributed by atoms with E-state index in [2.05, 4.69) is 10.3 Å². The van der Waals surface area contributed by atoms with Crippen molar-refractivity contribution in [3.05, 3.63) is 39.3 Å². The van der Waals surface area contributed by atoms with E-state index in [4.69, 9.17) is 25.8 Å². The van der Waals surface area contributed by atoms with E-state index in [-0.39, 0.29) is 23.4 Å². The number of methoxy groups -OCH3 is 2. The predicted octanol–water partition coefficient (Wildman–Crippen LogP) is 2.94. The van der Waals surface area contributed by atoms with Gasteiger partial charge in [0.15, 0.2) is 0 Å². The van der Waals surface area contributed by atoms with Crippen LogP contribution in [-0.2, 0) is 22.9 Å². The number of benzene rings is 1. The molecule has 3 rings (SSSR count). The van der Waals surface area contributed by atoms with Crippen LogP contribution in [0.5, 0.6) is 5.75 Å². The van der Waals surface area contributed by atoms with Crippen LogP contribution in [0.25, 0.3) is 11.3 Å². The minimum absolute atomic E-state index is 0.220. The average Bonchev–Trinajstić information content (AvgIpc) is 3.19. The van der Waals surface area contributed by atoms with Crippen molar-refractivity contribution in [2.75, 3.05) is 39.2 Å². The summed E-state index contributed by atoms with van der Waals surface area (Å²) in [6.07, 6.45) is -0.0647. The fourth-order valence-corrected chi connectivity index (χ4v) is 4.12. The SMILES string of the molecule is CCO[C@H]1CN(C(=O)OC)C[C@H]1Nc1c(CC)nc(-c2ccc(OC)cc2Cl)c(=O)n1C. The number of nitrogens with one attached hydrogen (secondary N) is 1. The highest BCUT2D eigenvalue weighted by Crippen LogP contribution is 2.30. The molecule has 1 aliphatic rings. The van der Waals surface area contributed by atoms with Gasteiger partial charge < -0.3 is 24.4 Å². The van der Waals surface area contributed by atoms with E-state index in [1.54, 1.807) is 37.3 Å². The summed E-state index contributed by atoms with van der Waals surface area (Å²) in [6.45, 7) is 5.17. The van der Waals surface area contributed by atoms with Gasteiger partial charge in [-0.15, -0.1) is 0 Å². The molecule has 1 aliphatic heterocycles. The Hall–Kier alpha value is -2.78. The molecule has 1 N–H and O–H groups in total. The van der Waals surface area contributed by atoms with Crippen LogP contribution in [0.15, 0.2) is 23.0 Å². The molecule has 0 saturated carbocycles. The maximum absolute atomic E-state index is 13.2. The molecular formula is C22H29ClN4O5. The topological polar surface area (TPSA) is 94.9 Å². The van der Waals surface area contributed by atoms with Gasteiger partial charge in [0.1, 0.15) is 17.3 Å². The molecule has 1 fully saturated rings. The van der Waals surface area contributed by atoms with E-state index in [0.29, 0.717) is 54.0 Å². The Kier molecular flexibility index (Phi) is 7.63. The zero-order valence-electron chi connectivity index (χ0n) is 19.0. The fourth-order valence-electron chi connectivity index (χ4n) is 3.86. The van der Waals surface area contributed by atoms with Crippen molar-refractivity contribution in [2.45, 2.75) is 32.4 Å². The number of anilines is 1. The van der Waals surface area contributed by atoms with Crippen LogP contribution in [-0.4, -0.2) is 66.6 Å². The molecule has 0 bridgehead atoms. The number of carbonyl (C=O) groups is 1. The molecule has 174 valence electrons. The Bertz CT molecular complexity index is 1040. The molecule has 0 spiro atoms. The van der Waals surface area contributed by atoms with E-state index in [0.717, 1.165) is 0 Å². The van der Waals surface area contributed by atoms with Crippen molar-refractivity contribution in [3.63, 3.8) is 0 Å². The Balaban J connectivity index is 1.98. The largest absolute Gasteiger partial charge is 0.497 e. The number of ether oxygens (including phenoxy) is 3. The minimum Gasteiger partial charge on any atom is -0.497 e. The van der Waals surface area contributed by atoms with Crippen molar-refractivity contribution in [1.29, 1.82) is 0 Å². The molecule has 9 nitrogen and oxygen atoms in total. The standard InChI is InChI=1S/C22H29ClN4O5/c1-6-16-20(25-17-11-27(22(29)31-5)12-18(17)32-7-2)26(3)21(28)19(24-16)14-9-8-13(30-4)10-15(14)23/h8-10,17-18,25H,6-7,11-12H2,1-5H3/t17-,18+/m1/s1. The zero-order chi connectivity index (χ0) is 23.4. The van der Waals surface area contributed by atoms with Crippen LogP contribution < -0.4 is 15.6 Å². The second-order valence-electron chi connectivity index (χ2n) is 7.44. The van der Waals surface area contributed by atoms with Crippen LogP contribution in [0.4, 0.5) is 10.6 Å². The molecule has 1 aromatic heterocycles. The molecular weight excluding hydrogens is 436 g/mol. The van der Waals surface area contributed by atoms with E-state index in [9.17, 15) is 9.59 Å². The van der Waals surface area contributed by atoms with Gasteiger partial charge in [0.05, 0.1) is 43.6 Å². The molecule has 0 radical (unpaired) electrons. The number of likely N-dealkylation sites (tertiary alicyclic amines) is 1. The van der Waals surface area contributed by atoms with Gasteiger partial charge in [0.25, 0.3) is 5.56 Å². The number of hydrogen-bond donors (Lipinski definition) is 1. The second-order valence-corrected chi connectivity index (χ2v) is 7.85. The third kappa shape index (κ3) is 4.68. The number of aromatic nitrogens is 2. The van der Waals surface area contributed by atoms with Crippen molar-refractivity contribution in [3.8, 4) is 17.0 Å². The highest BCUT2D eigenvalue weighted by atomic mass is 35.5. The molecule has 0 unspecified atom stereocenters. The predicted molar refractivity (Wildman–Crippen MR) is 123 cm³/mol. The lowest BCUT2D eigenvalue weighted by Crippen LogP contribution is -2.37. The lowest BCUT2D eigenvalue weighted by atomic mass is 10.1. The van der Waals surface area contributed by atoms with Gasteiger partial charge in [-0.1, -0.05) is 18.5 Å². The Morgan fingerprint density at radius 2 is 2.03 bits per heavy atom. The number of aryl methyl sites for hydroxylation is 1. The van der Waals surface area contributed by atoms with Crippen LogP contribution in [0.1, 0.15) is 19.5 Å². The molecule has 1 amide bonds. The van der Waals surface area contributed by atoms with E-state index < -0.39 is 6.09 Å². The molecule has 1 saturated heterocycles. The third-order valence-electron chi connectivity index (χ3n) is 5.53. The van der Waals surface area contributed by atoms with Gasteiger partial charge in [-0.25, -0.2) is 9.78 Å². The van der Waals surface area contributed by atoms with Crippen LogP contribution >= 0.6 is 11.6 Å². The number of carbonyl (C=O) groups excluding carboxylic acids is 1. The molecule has 2 heterocycles. The average molecular weight is 465 g/mol. The number of amides is 1. The molecule has 0 aliphatic carbocycles. The molecule has 2 aromatic rings. The van der Waals surface area contributed by atoms with Gasteiger partial charge in [-0.05, 0) is 31.5 Å². The van der Waals surface area contributed by atoms with Gasteiger partial charge in [-0.2, -0.15) is 0 Å². The molecule has 32 heavy (non-hydrogen) atoms. The fraction of sp³-hybridized carbons (Fsp3) is 0.500. The lowest BCUT2D eigenvalue weighted by molar-refractivity contribution is 0.0613.